The van der Waals surface area contributed by atoms with E-state index in [1.807, 2.05) is 0 Å². The van der Waals surface area contributed by atoms with Crippen LogP contribution in [0.4, 0.5) is 0 Å². The van der Waals surface area contributed by atoms with Crippen LogP contribution in [0.15, 0.2) is 11.3 Å². The molecule has 0 radical (unpaired) electrons. The van der Waals surface area contributed by atoms with Gasteiger partial charge >= 0.3 is 5.97 Å². The van der Waals surface area contributed by atoms with Crippen molar-refractivity contribution in [2.24, 2.45) is 5.11 Å². The fourth-order valence-electron chi connectivity index (χ4n) is 0.917. The van der Waals surface area contributed by atoms with E-state index in [4.69, 9.17) is 10.3 Å². The summed E-state index contributed by atoms with van der Waals surface area (Å²) in [6.45, 7) is 2.42. The van der Waals surface area contributed by atoms with Gasteiger partial charge in [0.25, 0.3) is 0 Å². The van der Waals surface area contributed by atoms with E-state index in [2.05, 4.69) is 26.9 Å². The number of rotatable bonds is 4. The number of carbonyl (C=O) groups excluding carboxylic acids is 1. The Balaban J connectivity index is 2.56. The van der Waals surface area contributed by atoms with Crippen molar-refractivity contribution in [1.82, 2.24) is 4.98 Å². The Labute approximate surface area is 102 Å². The van der Waals surface area contributed by atoms with Gasteiger partial charge in [-0.1, -0.05) is 22.4 Å². The van der Waals surface area contributed by atoms with E-state index in [0.29, 0.717) is 29.5 Å². The van der Waals surface area contributed by atoms with Crippen molar-refractivity contribution >= 4 is 17.3 Å². The second-order valence-electron chi connectivity index (χ2n) is 2.76. The molecule has 0 N–H and O–H groups in total. The number of carbonyl (C=O) groups is 1. The molecule has 0 fully saturated rings. The van der Waals surface area contributed by atoms with Gasteiger partial charge in [0.05, 0.1) is 12.8 Å². The minimum absolute atomic E-state index is 0.333. The monoisotopic (exact) mass is 250 g/mol. The number of azide groups is 1. The van der Waals surface area contributed by atoms with Gasteiger partial charge in [-0.2, -0.15) is 0 Å². The first kappa shape index (κ1) is 13.0. The third kappa shape index (κ3) is 4.55. The molecule has 0 saturated carbocycles. The highest BCUT2D eigenvalue weighted by molar-refractivity contribution is 7.14. The van der Waals surface area contributed by atoms with Gasteiger partial charge in [-0.25, -0.2) is 9.78 Å². The minimum atomic E-state index is -0.382. The van der Waals surface area contributed by atoms with Crippen LogP contribution in [-0.2, 0) is 4.74 Å². The zero-order chi connectivity index (χ0) is 12.5. The van der Waals surface area contributed by atoms with Crippen molar-refractivity contribution in [3.8, 4) is 11.8 Å². The predicted molar refractivity (Wildman–Crippen MR) is 63.6 cm³/mol. The van der Waals surface area contributed by atoms with Crippen LogP contribution in [-0.4, -0.2) is 24.1 Å². The number of esters is 1. The van der Waals surface area contributed by atoms with Crippen molar-refractivity contribution in [3.05, 3.63) is 26.5 Å². The van der Waals surface area contributed by atoms with Crippen LogP contribution in [0.1, 0.15) is 28.0 Å². The lowest BCUT2D eigenvalue weighted by molar-refractivity contribution is 0.0532. The summed E-state index contributed by atoms with van der Waals surface area (Å²) < 4.78 is 4.83. The first-order valence-corrected chi connectivity index (χ1v) is 5.72. The van der Waals surface area contributed by atoms with Crippen molar-refractivity contribution in [2.45, 2.75) is 13.3 Å². The molecule has 1 rings (SSSR count). The fraction of sp³-hybridized carbons (Fsp3) is 0.400. The molecule has 0 aliphatic rings. The molecule has 1 heterocycles. The van der Waals surface area contributed by atoms with E-state index in [9.17, 15) is 4.79 Å². The Morgan fingerprint density at radius 1 is 1.76 bits per heavy atom. The molecule has 0 aliphatic heterocycles. The molecule has 17 heavy (non-hydrogen) atoms. The molecule has 0 aromatic carbocycles. The molecule has 0 spiro atoms. The Morgan fingerprint density at radius 2 is 2.59 bits per heavy atom. The molecule has 7 heteroatoms. The fourth-order valence-corrected chi connectivity index (χ4v) is 1.60. The quantitative estimate of drug-likeness (QED) is 0.205. The third-order valence-electron chi connectivity index (χ3n) is 1.58. The number of hydrogen-bond donors (Lipinski definition) is 0. The number of hydrogen-bond acceptors (Lipinski definition) is 5. The summed E-state index contributed by atoms with van der Waals surface area (Å²) in [5.41, 5.74) is 8.05. The Morgan fingerprint density at radius 3 is 3.29 bits per heavy atom. The lowest BCUT2D eigenvalue weighted by atomic mass is 10.4. The summed E-state index contributed by atoms with van der Waals surface area (Å²) in [7, 11) is 0. The lowest BCUT2D eigenvalue weighted by Crippen LogP contribution is -2.01. The first-order valence-electron chi connectivity index (χ1n) is 4.90. The highest BCUT2D eigenvalue weighted by Gasteiger charge is 2.09. The van der Waals surface area contributed by atoms with Crippen molar-refractivity contribution in [2.75, 3.05) is 13.2 Å². The van der Waals surface area contributed by atoms with Crippen LogP contribution in [0.5, 0.6) is 0 Å². The van der Waals surface area contributed by atoms with Gasteiger partial charge in [-0.15, -0.1) is 0 Å². The molecule has 0 amide bonds. The first-order chi connectivity index (χ1) is 8.27. The van der Waals surface area contributed by atoms with E-state index >= 15 is 0 Å². The average Bonchev–Trinajstić information content (AvgIpc) is 2.78. The van der Waals surface area contributed by atoms with Gasteiger partial charge in [0.1, 0.15) is 4.88 Å². The zero-order valence-electron chi connectivity index (χ0n) is 9.21. The van der Waals surface area contributed by atoms with Crippen LogP contribution in [0.3, 0.4) is 0 Å². The number of aromatic nitrogens is 1. The molecule has 0 aliphatic carbocycles. The summed E-state index contributed by atoms with van der Waals surface area (Å²) in [5, 5.41) is 3.90. The van der Waals surface area contributed by atoms with Crippen molar-refractivity contribution < 1.29 is 9.53 Å². The molecule has 1 aromatic heterocycles. The summed E-state index contributed by atoms with van der Waals surface area (Å²) >= 11 is 1.18. The minimum Gasteiger partial charge on any atom is -0.462 e. The second kappa shape index (κ2) is 7.28. The molecule has 0 bridgehead atoms. The van der Waals surface area contributed by atoms with Gasteiger partial charge in [0.2, 0.25) is 0 Å². The largest absolute Gasteiger partial charge is 0.462 e. The van der Waals surface area contributed by atoms with Gasteiger partial charge in [0, 0.05) is 17.9 Å². The van der Waals surface area contributed by atoms with Crippen molar-refractivity contribution in [1.29, 1.82) is 0 Å². The smallest absolute Gasteiger partial charge is 0.349 e. The van der Waals surface area contributed by atoms with Crippen LogP contribution < -0.4 is 0 Å². The summed E-state index contributed by atoms with van der Waals surface area (Å²) in [5.74, 6) is 5.21. The third-order valence-corrected chi connectivity index (χ3v) is 2.47. The molecule has 0 saturated heterocycles. The Kier molecular flexibility index (Phi) is 5.58. The molecular weight excluding hydrogens is 240 g/mol. The van der Waals surface area contributed by atoms with Crippen LogP contribution in [0, 0.1) is 11.8 Å². The van der Waals surface area contributed by atoms with Gasteiger partial charge < -0.3 is 4.74 Å². The molecule has 0 unspecified atom stereocenters. The van der Waals surface area contributed by atoms with Gasteiger partial charge in [-0.05, 0) is 18.4 Å². The molecular formula is C10H10N4O2S. The highest BCUT2D eigenvalue weighted by atomic mass is 32.1. The maximum Gasteiger partial charge on any atom is 0.349 e. The molecule has 6 nitrogen and oxygen atoms in total. The maximum atomic E-state index is 11.3. The summed E-state index contributed by atoms with van der Waals surface area (Å²) in [6.07, 6.45) is 1.92. The lowest BCUT2D eigenvalue weighted by Gasteiger charge is -1.95. The Bertz CT molecular complexity index is 494. The van der Waals surface area contributed by atoms with Gasteiger partial charge in [-0.3, -0.25) is 0 Å². The van der Waals surface area contributed by atoms with E-state index in [1.54, 1.807) is 6.92 Å². The summed E-state index contributed by atoms with van der Waals surface area (Å²) in [4.78, 5) is 18.3. The average molecular weight is 250 g/mol. The maximum absolute atomic E-state index is 11.3. The standard InChI is InChI=1S/C10H10N4O2S/c1-2-16-10(15)8-7-12-9(17-8)5-3-4-6-13-14-11/h7H,2,4,6H2,1H3. The normalized spacial score (nSPS) is 8.76. The predicted octanol–water partition coefficient (Wildman–Crippen LogP) is 2.37. The van der Waals surface area contributed by atoms with E-state index in [-0.39, 0.29) is 5.97 Å². The number of ether oxygens (including phenoxy) is 1. The van der Waals surface area contributed by atoms with Crippen molar-refractivity contribution in [3.63, 3.8) is 0 Å². The molecule has 1 aromatic rings. The Hall–Kier alpha value is -2.03. The second-order valence-corrected chi connectivity index (χ2v) is 3.79. The molecule has 0 atom stereocenters. The number of thiazole rings is 1. The van der Waals surface area contributed by atoms with Gasteiger partial charge in [0.15, 0.2) is 5.01 Å². The zero-order valence-corrected chi connectivity index (χ0v) is 10.0. The van der Waals surface area contributed by atoms with E-state index < -0.39 is 0 Å². The van der Waals surface area contributed by atoms with E-state index in [1.165, 1.54) is 17.5 Å². The van der Waals surface area contributed by atoms with Crippen LogP contribution in [0.25, 0.3) is 10.4 Å². The van der Waals surface area contributed by atoms with Crippen LogP contribution >= 0.6 is 11.3 Å². The number of nitrogens with zero attached hydrogens (tertiary/aromatic N) is 4. The molecule has 88 valence electrons. The highest BCUT2D eigenvalue weighted by Crippen LogP contribution is 2.12. The topological polar surface area (TPSA) is 88.0 Å². The SMILES string of the molecule is CCOC(=O)c1cnc(C#CCCN=[N+]=[N-])s1. The summed E-state index contributed by atoms with van der Waals surface area (Å²) in [6, 6.07) is 0. The van der Waals surface area contributed by atoms with Crippen LogP contribution in [0.2, 0.25) is 0 Å². The van der Waals surface area contributed by atoms with E-state index in [0.717, 1.165) is 0 Å².